The van der Waals surface area contributed by atoms with Crippen molar-refractivity contribution in [3.63, 3.8) is 0 Å². The normalized spacial score (nSPS) is 11.3. The van der Waals surface area contributed by atoms with E-state index in [4.69, 9.17) is 4.42 Å². The third kappa shape index (κ3) is 2.86. The zero-order valence-corrected chi connectivity index (χ0v) is 16.5. The summed E-state index contributed by atoms with van der Waals surface area (Å²) in [6, 6.07) is 25.5. The number of H-pyrrole nitrogens is 1. The Bertz CT molecular complexity index is 1350. The van der Waals surface area contributed by atoms with Crippen LogP contribution in [-0.2, 0) is 6.42 Å². The SMILES string of the molecule is O=c1c2ccccc2oc2c(Cc3ccccc3)[nH]c(-c3ccc(Br)cc3)c12. The van der Waals surface area contributed by atoms with E-state index in [9.17, 15) is 4.79 Å². The Kier molecular flexibility index (Phi) is 4.14. The van der Waals surface area contributed by atoms with Gasteiger partial charge >= 0.3 is 0 Å². The number of fused-ring (bicyclic) bond motifs is 2. The molecule has 0 fully saturated rings. The molecule has 3 nitrogen and oxygen atoms in total. The molecule has 3 aromatic carbocycles. The molecule has 0 atom stereocenters. The van der Waals surface area contributed by atoms with Crippen molar-refractivity contribution in [3.05, 3.63) is 105 Å². The van der Waals surface area contributed by atoms with E-state index < -0.39 is 0 Å². The van der Waals surface area contributed by atoms with Crippen LogP contribution in [-0.4, -0.2) is 4.98 Å². The number of rotatable bonds is 3. The van der Waals surface area contributed by atoms with E-state index >= 15 is 0 Å². The molecule has 2 heterocycles. The van der Waals surface area contributed by atoms with E-state index in [0.717, 1.165) is 27.0 Å². The Hall–Kier alpha value is -3.11. The molecule has 0 unspecified atom stereocenters. The van der Waals surface area contributed by atoms with Crippen LogP contribution < -0.4 is 5.43 Å². The molecule has 136 valence electrons. The predicted molar refractivity (Wildman–Crippen MR) is 117 cm³/mol. The summed E-state index contributed by atoms with van der Waals surface area (Å²) >= 11 is 3.47. The fraction of sp³-hybridized carbons (Fsp3) is 0.0417. The minimum absolute atomic E-state index is 0.00895. The lowest BCUT2D eigenvalue weighted by molar-refractivity contribution is 0.655. The van der Waals surface area contributed by atoms with Crippen LogP contribution in [0.4, 0.5) is 0 Å². The van der Waals surface area contributed by atoms with E-state index in [0.29, 0.717) is 28.4 Å². The minimum atomic E-state index is -0.00895. The van der Waals surface area contributed by atoms with Gasteiger partial charge in [-0.15, -0.1) is 0 Å². The number of para-hydroxylation sites is 1. The summed E-state index contributed by atoms with van der Waals surface area (Å²) in [4.78, 5) is 16.8. The van der Waals surface area contributed by atoms with E-state index in [1.807, 2.05) is 66.7 Å². The first-order valence-electron chi connectivity index (χ1n) is 9.07. The quantitative estimate of drug-likeness (QED) is 0.366. The highest BCUT2D eigenvalue weighted by Crippen LogP contribution is 2.32. The number of hydrogen-bond donors (Lipinski definition) is 1. The summed E-state index contributed by atoms with van der Waals surface area (Å²) in [5.74, 6) is 0. The second-order valence-corrected chi connectivity index (χ2v) is 7.69. The van der Waals surface area contributed by atoms with Crippen molar-refractivity contribution in [2.45, 2.75) is 6.42 Å². The fourth-order valence-electron chi connectivity index (χ4n) is 3.61. The van der Waals surface area contributed by atoms with Crippen LogP contribution in [0.2, 0.25) is 0 Å². The van der Waals surface area contributed by atoms with Gasteiger partial charge in [0.1, 0.15) is 5.58 Å². The van der Waals surface area contributed by atoms with Gasteiger partial charge in [-0.1, -0.05) is 70.5 Å². The highest BCUT2D eigenvalue weighted by molar-refractivity contribution is 9.10. The zero-order chi connectivity index (χ0) is 19.1. The molecule has 0 bridgehead atoms. The lowest BCUT2D eigenvalue weighted by Gasteiger charge is -2.01. The Morgan fingerprint density at radius 2 is 1.57 bits per heavy atom. The van der Waals surface area contributed by atoms with Crippen LogP contribution in [0.1, 0.15) is 11.3 Å². The average Bonchev–Trinajstić information content (AvgIpc) is 3.08. The molecule has 28 heavy (non-hydrogen) atoms. The minimum Gasteiger partial charge on any atom is -0.454 e. The van der Waals surface area contributed by atoms with E-state index in [1.54, 1.807) is 0 Å². The maximum atomic E-state index is 13.3. The van der Waals surface area contributed by atoms with Crippen LogP contribution in [0, 0.1) is 0 Å². The first kappa shape index (κ1) is 17.0. The zero-order valence-electron chi connectivity index (χ0n) is 14.9. The van der Waals surface area contributed by atoms with Crippen molar-refractivity contribution in [2.24, 2.45) is 0 Å². The topological polar surface area (TPSA) is 46.0 Å². The summed E-state index contributed by atoms with van der Waals surface area (Å²) in [6.07, 6.45) is 0.662. The van der Waals surface area contributed by atoms with Gasteiger partial charge in [0.2, 0.25) is 5.43 Å². The fourth-order valence-corrected chi connectivity index (χ4v) is 3.87. The molecule has 0 aliphatic carbocycles. The van der Waals surface area contributed by atoms with Crippen LogP contribution >= 0.6 is 15.9 Å². The highest BCUT2D eigenvalue weighted by atomic mass is 79.9. The molecule has 2 aromatic heterocycles. The molecule has 0 saturated carbocycles. The number of aromatic nitrogens is 1. The van der Waals surface area contributed by atoms with Crippen molar-refractivity contribution in [2.75, 3.05) is 0 Å². The van der Waals surface area contributed by atoms with Crippen molar-refractivity contribution >= 4 is 37.9 Å². The summed E-state index contributed by atoms with van der Waals surface area (Å²) in [5, 5.41) is 1.20. The lowest BCUT2D eigenvalue weighted by Crippen LogP contribution is -2.02. The van der Waals surface area contributed by atoms with Gasteiger partial charge in [0.25, 0.3) is 0 Å². The third-order valence-electron chi connectivity index (χ3n) is 4.95. The number of halogens is 1. The van der Waals surface area contributed by atoms with Crippen molar-refractivity contribution in [1.29, 1.82) is 0 Å². The molecular weight excluding hydrogens is 414 g/mol. The maximum Gasteiger partial charge on any atom is 0.202 e. The second-order valence-electron chi connectivity index (χ2n) is 6.78. The number of nitrogens with one attached hydrogen (secondary N) is 1. The number of benzene rings is 3. The molecule has 1 N–H and O–H groups in total. The second kappa shape index (κ2) is 6.80. The smallest absolute Gasteiger partial charge is 0.202 e. The van der Waals surface area contributed by atoms with E-state index in [2.05, 4.69) is 33.0 Å². The van der Waals surface area contributed by atoms with Crippen LogP contribution in [0.5, 0.6) is 0 Å². The Morgan fingerprint density at radius 3 is 2.36 bits per heavy atom. The van der Waals surface area contributed by atoms with Crippen molar-refractivity contribution < 1.29 is 4.42 Å². The molecule has 4 heteroatoms. The first-order valence-corrected chi connectivity index (χ1v) is 9.86. The van der Waals surface area contributed by atoms with Gasteiger partial charge in [0, 0.05) is 10.9 Å². The van der Waals surface area contributed by atoms with Crippen LogP contribution in [0.15, 0.2) is 92.5 Å². The highest BCUT2D eigenvalue weighted by Gasteiger charge is 2.19. The predicted octanol–water partition coefficient (Wildman–Crippen LogP) is 6.29. The van der Waals surface area contributed by atoms with Crippen LogP contribution in [0.25, 0.3) is 33.2 Å². The van der Waals surface area contributed by atoms with Crippen molar-refractivity contribution in [1.82, 2.24) is 4.98 Å². The van der Waals surface area contributed by atoms with Gasteiger partial charge in [-0.05, 0) is 35.4 Å². The molecule has 0 amide bonds. The molecule has 0 aliphatic rings. The van der Waals surface area contributed by atoms with E-state index in [-0.39, 0.29) is 5.43 Å². The first-order chi connectivity index (χ1) is 13.7. The monoisotopic (exact) mass is 429 g/mol. The molecule has 0 saturated heterocycles. The lowest BCUT2D eigenvalue weighted by atomic mass is 10.1. The van der Waals surface area contributed by atoms with Crippen LogP contribution in [0.3, 0.4) is 0 Å². The summed E-state index contributed by atoms with van der Waals surface area (Å²) in [7, 11) is 0. The maximum absolute atomic E-state index is 13.3. The van der Waals surface area contributed by atoms with Gasteiger partial charge in [0.05, 0.1) is 22.2 Å². The summed E-state index contributed by atoms with van der Waals surface area (Å²) in [5.41, 5.74) is 5.04. The van der Waals surface area contributed by atoms with Crippen molar-refractivity contribution in [3.8, 4) is 11.3 Å². The van der Waals surface area contributed by atoms with E-state index in [1.165, 1.54) is 0 Å². The average molecular weight is 430 g/mol. The molecule has 0 spiro atoms. The van der Waals surface area contributed by atoms with Gasteiger partial charge < -0.3 is 9.40 Å². The third-order valence-corrected chi connectivity index (χ3v) is 5.48. The Morgan fingerprint density at radius 1 is 0.857 bits per heavy atom. The van der Waals surface area contributed by atoms with Gasteiger partial charge in [-0.3, -0.25) is 4.79 Å². The molecular formula is C24H16BrNO2. The summed E-state index contributed by atoms with van der Waals surface area (Å²) < 4.78 is 7.21. The Labute approximate surface area is 169 Å². The largest absolute Gasteiger partial charge is 0.454 e. The molecule has 5 aromatic rings. The molecule has 0 aliphatic heterocycles. The standard InChI is InChI=1S/C24H16BrNO2/c25-17-12-10-16(11-13-17)22-21-23(27)18-8-4-5-9-20(18)28-24(21)19(26-22)14-15-6-2-1-3-7-15/h1-13,26H,14H2. The molecule has 5 rings (SSSR count). The van der Waals surface area contributed by atoms with Gasteiger partial charge in [-0.2, -0.15) is 0 Å². The summed E-state index contributed by atoms with van der Waals surface area (Å²) in [6.45, 7) is 0. The van der Waals surface area contributed by atoms with Gasteiger partial charge in [-0.25, -0.2) is 0 Å². The number of hydrogen-bond acceptors (Lipinski definition) is 2. The Balaban J connectivity index is 1.82. The number of aromatic amines is 1. The van der Waals surface area contributed by atoms with Gasteiger partial charge in [0.15, 0.2) is 5.58 Å². The molecule has 0 radical (unpaired) electrons.